The Morgan fingerprint density at radius 1 is 0.971 bits per heavy atom. The highest BCUT2D eigenvalue weighted by molar-refractivity contribution is 5.89. The molecular weight excluding hydrogens is 468 g/mol. The van der Waals surface area contributed by atoms with E-state index >= 15 is 0 Å². The fourth-order valence-corrected chi connectivity index (χ4v) is 3.70. The van der Waals surface area contributed by atoms with Gasteiger partial charge in [-0.1, -0.05) is 0 Å². The largest absolute Gasteiger partial charge is 0.508 e. The standard InChI is InChI=1S/C23H22O12/c1-31-20-14(34-23-19(29)17(27)18(28)21(35-23)22(30)32-2)8-13-15(16(20)26)11(25)7-12(33-13)9-3-5-10(24)6-4-9/h3-8,17-19,21,23-24,26-29H,1-2H3. The van der Waals surface area contributed by atoms with Crippen molar-refractivity contribution in [2.75, 3.05) is 14.2 Å². The molecule has 3 aromatic rings. The van der Waals surface area contributed by atoms with Crippen LogP contribution >= 0.6 is 0 Å². The molecule has 0 amide bonds. The highest BCUT2D eigenvalue weighted by Crippen LogP contribution is 2.43. The minimum Gasteiger partial charge on any atom is -0.508 e. The van der Waals surface area contributed by atoms with E-state index < -0.39 is 47.9 Å². The van der Waals surface area contributed by atoms with Crippen LogP contribution < -0.4 is 14.9 Å². The lowest BCUT2D eigenvalue weighted by Gasteiger charge is -2.38. The van der Waals surface area contributed by atoms with Gasteiger partial charge >= 0.3 is 5.97 Å². The van der Waals surface area contributed by atoms with Gasteiger partial charge in [0, 0.05) is 17.7 Å². The van der Waals surface area contributed by atoms with Gasteiger partial charge < -0.3 is 48.9 Å². The van der Waals surface area contributed by atoms with Crippen LogP contribution in [0.1, 0.15) is 0 Å². The van der Waals surface area contributed by atoms with Crippen molar-refractivity contribution in [1.82, 2.24) is 0 Å². The van der Waals surface area contributed by atoms with Gasteiger partial charge in [-0.05, 0) is 24.3 Å². The first-order chi connectivity index (χ1) is 16.7. The Hall–Kier alpha value is -3.84. The van der Waals surface area contributed by atoms with E-state index in [9.17, 15) is 35.1 Å². The van der Waals surface area contributed by atoms with E-state index in [1.807, 2.05) is 0 Å². The fraction of sp³-hybridized carbons (Fsp3) is 0.304. The van der Waals surface area contributed by atoms with Crippen molar-refractivity contribution in [2.45, 2.75) is 30.7 Å². The summed E-state index contributed by atoms with van der Waals surface area (Å²) in [5.41, 5.74) is -0.261. The predicted molar refractivity (Wildman–Crippen MR) is 117 cm³/mol. The number of aliphatic hydroxyl groups excluding tert-OH is 3. The van der Waals surface area contributed by atoms with Crippen LogP contribution in [-0.2, 0) is 14.3 Å². The second kappa shape index (κ2) is 9.43. The monoisotopic (exact) mass is 490 g/mol. The summed E-state index contributed by atoms with van der Waals surface area (Å²) in [6, 6.07) is 8.19. The smallest absolute Gasteiger partial charge is 0.337 e. The molecule has 12 nitrogen and oxygen atoms in total. The molecule has 0 bridgehead atoms. The van der Waals surface area contributed by atoms with E-state index in [2.05, 4.69) is 4.74 Å². The number of aliphatic hydroxyl groups is 3. The third-order valence-corrected chi connectivity index (χ3v) is 5.51. The van der Waals surface area contributed by atoms with Crippen molar-refractivity contribution in [3.63, 3.8) is 0 Å². The van der Waals surface area contributed by atoms with Crippen LogP contribution in [0, 0.1) is 0 Å². The number of benzene rings is 2. The predicted octanol–water partition coefficient (Wildman–Crippen LogP) is 0.239. The van der Waals surface area contributed by atoms with Gasteiger partial charge in [-0.15, -0.1) is 0 Å². The topological polar surface area (TPSA) is 185 Å². The number of ether oxygens (including phenoxy) is 4. The first-order valence-corrected chi connectivity index (χ1v) is 10.3. The number of phenols is 2. The van der Waals surface area contributed by atoms with Crippen molar-refractivity contribution < 1.29 is 53.7 Å². The minimum atomic E-state index is -1.84. The molecule has 0 aliphatic carbocycles. The maximum absolute atomic E-state index is 12.8. The van der Waals surface area contributed by atoms with Crippen LogP contribution in [0.4, 0.5) is 0 Å². The van der Waals surface area contributed by atoms with E-state index in [1.165, 1.54) is 37.4 Å². The normalized spacial score (nSPS) is 24.2. The lowest BCUT2D eigenvalue weighted by molar-refractivity contribution is -0.272. The average molecular weight is 490 g/mol. The molecule has 1 saturated heterocycles. The number of carbonyl (C=O) groups is 1. The second-order valence-electron chi connectivity index (χ2n) is 7.69. The summed E-state index contributed by atoms with van der Waals surface area (Å²) in [6.45, 7) is 0. The summed E-state index contributed by atoms with van der Waals surface area (Å²) in [5, 5.41) is 50.5. The maximum Gasteiger partial charge on any atom is 0.337 e. The second-order valence-corrected chi connectivity index (χ2v) is 7.69. The molecule has 5 N–H and O–H groups in total. The average Bonchev–Trinajstić information content (AvgIpc) is 2.84. The molecule has 5 unspecified atom stereocenters. The Labute approximate surface area is 197 Å². The summed E-state index contributed by atoms with van der Waals surface area (Å²) >= 11 is 0. The van der Waals surface area contributed by atoms with Gasteiger partial charge in [0.1, 0.15) is 40.8 Å². The molecule has 1 aliphatic heterocycles. The van der Waals surface area contributed by atoms with E-state index in [0.717, 1.165) is 13.2 Å². The van der Waals surface area contributed by atoms with Gasteiger partial charge in [0.25, 0.3) is 0 Å². The van der Waals surface area contributed by atoms with Crippen LogP contribution in [-0.4, -0.2) is 76.4 Å². The van der Waals surface area contributed by atoms with Crippen LogP contribution in [0.2, 0.25) is 0 Å². The molecule has 0 saturated carbocycles. The Morgan fingerprint density at radius 3 is 2.29 bits per heavy atom. The number of esters is 1. The quantitative estimate of drug-likeness (QED) is 0.307. The van der Waals surface area contributed by atoms with Gasteiger partial charge in [0.2, 0.25) is 12.0 Å². The molecule has 1 aliphatic rings. The van der Waals surface area contributed by atoms with Crippen LogP contribution in [0.3, 0.4) is 0 Å². The number of fused-ring (bicyclic) bond motifs is 1. The van der Waals surface area contributed by atoms with Gasteiger partial charge in [0.05, 0.1) is 14.2 Å². The highest BCUT2D eigenvalue weighted by Gasteiger charge is 2.48. The summed E-state index contributed by atoms with van der Waals surface area (Å²) < 4.78 is 26.4. The molecule has 5 atom stereocenters. The van der Waals surface area contributed by atoms with Crippen molar-refractivity contribution in [1.29, 1.82) is 0 Å². The van der Waals surface area contributed by atoms with Gasteiger partial charge in [-0.3, -0.25) is 4.79 Å². The Bertz CT molecular complexity index is 1300. The van der Waals surface area contributed by atoms with Gasteiger partial charge in [-0.2, -0.15) is 0 Å². The third kappa shape index (κ3) is 4.35. The summed E-state index contributed by atoms with van der Waals surface area (Å²) in [7, 11) is 2.23. The molecule has 0 radical (unpaired) electrons. The van der Waals surface area contributed by atoms with Crippen LogP contribution in [0.15, 0.2) is 45.6 Å². The fourth-order valence-electron chi connectivity index (χ4n) is 3.70. The SMILES string of the molecule is COC(=O)C1OC(Oc2cc3oc(-c4ccc(O)cc4)cc(=O)c3c(O)c2OC)C(O)C(O)C1O. The Kier molecular flexibility index (Phi) is 6.54. The van der Waals surface area contributed by atoms with Crippen LogP contribution in [0.5, 0.6) is 23.0 Å². The Balaban J connectivity index is 1.78. The summed E-state index contributed by atoms with van der Waals surface area (Å²) in [5.74, 6) is -2.08. The lowest BCUT2D eigenvalue weighted by atomic mass is 9.99. The van der Waals surface area contributed by atoms with Crippen molar-refractivity contribution in [3.8, 4) is 34.3 Å². The molecule has 186 valence electrons. The van der Waals surface area contributed by atoms with Gasteiger partial charge in [0.15, 0.2) is 23.0 Å². The summed E-state index contributed by atoms with van der Waals surface area (Å²) in [6.07, 6.45) is -8.84. The van der Waals surface area contributed by atoms with E-state index in [0.29, 0.717) is 5.56 Å². The molecule has 0 spiro atoms. The lowest BCUT2D eigenvalue weighted by Crippen LogP contribution is -2.61. The molecule has 2 heterocycles. The van der Waals surface area contributed by atoms with Crippen LogP contribution in [0.25, 0.3) is 22.3 Å². The van der Waals surface area contributed by atoms with Crippen molar-refractivity contribution >= 4 is 16.9 Å². The van der Waals surface area contributed by atoms with E-state index in [-0.39, 0.29) is 34.0 Å². The number of hydrogen-bond donors (Lipinski definition) is 5. The number of rotatable bonds is 5. The van der Waals surface area contributed by atoms with E-state index in [1.54, 1.807) is 0 Å². The Morgan fingerprint density at radius 2 is 1.66 bits per heavy atom. The highest BCUT2D eigenvalue weighted by atomic mass is 16.7. The molecule has 1 fully saturated rings. The zero-order valence-electron chi connectivity index (χ0n) is 18.4. The number of methoxy groups -OCH3 is 2. The first kappa shape index (κ1) is 24.3. The van der Waals surface area contributed by atoms with Crippen molar-refractivity contribution in [2.24, 2.45) is 0 Å². The van der Waals surface area contributed by atoms with Gasteiger partial charge in [-0.25, -0.2) is 4.79 Å². The van der Waals surface area contributed by atoms with E-state index in [4.69, 9.17) is 18.6 Å². The number of aromatic hydroxyl groups is 2. The molecule has 2 aromatic carbocycles. The summed E-state index contributed by atoms with van der Waals surface area (Å²) in [4.78, 5) is 24.7. The number of hydrogen-bond acceptors (Lipinski definition) is 12. The maximum atomic E-state index is 12.8. The molecular formula is C23H22O12. The third-order valence-electron chi connectivity index (χ3n) is 5.51. The molecule has 1 aromatic heterocycles. The minimum absolute atomic E-state index is 0.0126. The molecule has 35 heavy (non-hydrogen) atoms. The molecule has 4 rings (SSSR count). The van der Waals surface area contributed by atoms with Crippen molar-refractivity contribution in [3.05, 3.63) is 46.6 Å². The zero-order chi connectivity index (χ0) is 25.4. The zero-order valence-corrected chi connectivity index (χ0v) is 18.4. The number of carbonyl (C=O) groups excluding carboxylic acids is 1. The molecule has 12 heteroatoms. The first-order valence-electron chi connectivity index (χ1n) is 10.3. The number of phenolic OH excluding ortho intramolecular Hbond substituents is 2.